The molecule has 0 fully saturated rings. The molecule has 0 atom stereocenters. The monoisotopic (exact) mass is 321 g/mol. The summed E-state index contributed by atoms with van der Waals surface area (Å²) in [6.07, 6.45) is -3.21. The minimum atomic E-state index is -4.55. The van der Waals surface area contributed by atoms with Gasteiger partial charge in [0.05, 0.1) is 6.20 Å². The number of H-pyrrole nitrogens is 1. The standard InChI is InChI=1S/C15H14F3N5/c1-8(2)9-3-5-10(6-4-9)20-11-7-19-12-13(21-11)23-14(22-12)15(16,17)18/h3-8H,1-2H3,(H2,19,20,21,22,23). The van der Waals surface area contributed by atoms with Gasteiger partial charge >= 0.3 is 6.18 Å². The maximum Gasteiger partial charge on any atom is 0.449 e. The van der Waals surface area contributed by atoms with Gasteiger partial charge in [0.25, 0.3) is 0 Å². The normalized spacial score (nSPS) is 12.1. The number of imidazole rings is 1. The van der Waals surface area contributed by atoms with Crippen molar-refractivity contribution in [1.82, 2.24) is 19.9 Å². The Labute approximate surface area is 130 Å². The van der Waals surface area contributed by atoms with Crippen LogP contribution >= 0.6 is 0 Å². The Morgan fingerprint density at radius 2 is 1.78 bits per heavy atom. The summed E-state index contributed by atoms with van der Waals surface area (Å²) in [5, 5.41) is 3.01. The number of anilines is 2. The van der Waals surface area contributed by atoms with E-state index in [-0.39, 0.29) is 11.3 Å². The van der Waals surface area contributed by atoms with Crippen LogP contribution in [0.2, 0.25) is 0 Å². The maximum absolute atomic E-state index is 12.6. The van der Waals surface area contributed by atoms with Gasteiger partial charge in [0, 0.05) is 5.69 Å². The van der Waals surface area contributed by atoms with Crippen LogP contribution in [0.4, 0.5) is 24.7 Å². The van der Waals surface area contributed by atoms with E-state index in [0.29, 0.717) is 11.7 Å². The Kier molecular flexibility index (Phi) is 3.67. The highest BCUT2D eigenvalue weighted by Crippen LogP contribution is 2.28. The summed E-state index contributed by atoms with van der Waals surface area (Å²) in [6.45, 7) is 4.19. The molecular weight excluding hydrogens is 307 g/mol. The molecule has 5 nitrogen and oxygen atoms in total. The fourth-order valence-electron chi connectivity index (χ4n) is 2.09. The van der Waals surface area contributed by atoms with Crippen LogP contribution in [-0.4, -0.2) is 19.9 Å². The molecule has 0 aliphatic carbocycles. The Hall–Kier alpha value is -2.64. The first-order valence-electron chi connectivity index (χ1n) is 7.00. The van der Waals surface area contributed by atoms with Crippen molar-refractivity contribution in [3.8, 4) is 0 Å². The SMILES string of the molecule is CC(C)c1ccc(Nc2cnc3nc(C(F)(F)F)[nH]c3n2)cc1. The van der Waals surface area contributed by atoms with Crippen LogP contribution in [-0.2, 0) is 6.18 Å². The Morgan fingerprint density at radius 1 is 1.09 bits per heavy atom. The highest BCUT2D eigenvalue weighted by molar-refractivity contribution is 5.69. The van der Waals surface area contributed by atoms with E-state index in [2.05, 4.69) is 39.1 Å². The van der Waals surface area contributed by atoms with E-state index in [4.69, 9.17) is 0 Å². The lowest BCUT2D eigenvalue weighted by atomic mass is 10.0. The van der Waals surface area contributed by atoms with Gasteiger partial charge in [0.15, 0.2) is 17.1 Å². The lowest BCUT2D eigenvalue weighted by molar-refractivity contribution is -0.144. The quantitative estimate of drug-likeness (QED) is 0.757. The summed E-state index contributed by atoms with van der Waals surface area (Å²) in [5.41, 5.74) is 1.89. The third-order valence-corrected chi connectivity index (χ3v) is 3.33. The van der Waals surface area contributed by atoms with E-state index in [9.17, 15) is 13.2 Å². The Balaban J connectivity index is 1.85. The van der Waals surface area contributed by atoms with Crippen LogP contribution in [0.15, 0.2) is 30.5 Å². The van der Waals surface area contributed by atoms with Gasteiger partial charge in [-0.3, -0.25) is 0 Å². The smallest absolute Gasteiger partial charge is 0.339 e. The Morgan fingerprint density at radius 3 is 2.39 bits per heavy atom. The summed E-state index contributed by atoms with van der Waals surface area (Å²) in [6, 6.07) is 7.73. The van der Waals surface area contributed by atoms with Crippen molar-refractivity contribution < 1.29 is 13.2 Å². The number of halogens is 3. The maximum atomic E-state index is 12.6. The van der Waals surface area contributed by atoms with E-state index in [1.165, 1.54) is 11.8 Å². The molecule has 0 saturated carbocycles. The molecule has 2 heterocycles. The molecule has 0 aliphatic heterocycles. The van der Waals surface area contributed by atoms with Crippen molar-refractivity contribution in [2.24, 2.45) is 0 Å². The molecule has 0 aliphatic rings. The second kappa shape index (κ2) is 5.53. The van der Waals surface area contributed by atoms with Gasteiger partial charge in [-0.2, -0.15) is 13.2 Å². The second-order valence-electron chi connectivity index (χ2n) is 5.41. The molecule has 23 heavy (non-hydrogen) atoms. The molecule has 1 aromatic carbocycles. The Bertz CT molecular complexity index is 821. The van der Waals surface area contributed by atoms with Crippen molar-refractivity contribution in [3.63, 3.8) is 0 Å². The predicted octanol–water partition coefficient (Wildman–Crippen LogP) is 4.24. The number of alkyl halides is 3. The van der Waals surface area contributed by atoms with Crippen LogP contribution in [0.1, 0.15) is 31.2 Å². The van der Waals surface area contributed by atoms with Crippen LogP contribution in [0.3, 0.4) is 0 Å². The zero-order chi connectivity index (χ0) is 16.6. The fraction of sp³-hybridized carbons (Fsp3) is 0.267. The molecule has 8 heteroatoms. The molecule has 0 unspecified atom stereocenters. The first-order chi connectivity index (χ1) is 10.8. The number of rotatable bonds is 3. The molecule has 3 aromatic rings. The molecule has 120 valence electrons. The first kappa shape index (κ1) is 15.3. The van der Waals surface area contributed by atoms with Crippen molar-refractivity contribution in [3.05, 3.63) is 41.9 Å². The van der Waals surface area contributed by atoms with E-state index in [1.807, 2.05) is 24.3 Å². The average Bonchev–Trinajstić information content (AvgIpc) is 2.91. The predicted molar refractivity (Wildman–Crippen MR) is 80.5 cm³/mol. The van der Waals surface area contributed by atoms with Gasteiger partial charge in [-0.25, -0.2) is 15.0 Å². The molecule has 3 rings (SSSR count). The van der Waals surface area contributed by atoms with Gasteiger partial charge in [-0.05, 0) is 23.6 Å². The van der Waals surface area contributed by atoms with Crippen LogP contribution < -0.4 is 5.32 Å². The summed E-state index contributed by atoms with van der Waals surface area (Å²) < 4.78 is 37.8. The number of aromatic amines is 1. The summed E-state index contributed by atoms with van der Waals surface area (Å²) in [5.74, 6) is -0.343. The third kappa shape index (κ3) is 3.25. The lowest BCUT2D eigenvalue weighted by Crippen LogP contribution is -2.06. The molecule has 0 amide bonds. The van der Waals surface area contributed by atoms with Crippen molar-refractivity contribution >= 4 is 22.8 Å². The van der Waals surface area contributed by atoms with Gasteiger partial charge in [0.1, 0.15) is 0 Å². The zero-order valence-corrected chi connectivity index (χ0v) is 12.4. The van der Waals surface area contributed by atoms with Gasteiger partial charge in [0.2, 0.25) is 5.82 Å². The first-order valence-corrected chi connectivity index (χ1v) is 7.00. The van der Waals surface area contributed by atoms with Crippen molar-refractivity contribution in [2.75, 3.05) is 5.32 Å². The second-order valence-corrected chi connectivity index (χ2v) is 5.41. The number of nitrogens with zero attached hydrogens (tertiary/aromatic N) is 3. The largest absolute Gasteiger partial charge is 0.449 e. The molecule has 0 spiro atoms. The molecule has 0 saturated heterocycles. The molecule has 0 radical (unpaired) electrons. The number of hydrogen-bond donors (Lipinski definition) is 2. The highest BCUT2D eigenvalue weighted by Gasteiger charge is 2.35. The third-order valence-electron chi connectivity index (χ3n) is 3.33. The van der Waals surface area contributed by atoms with Crippen molar-refractivity contribution in [2.45, 2.75) is 25.9 Å². The zero-order valence-electron chi connectivity index (χ0n) is 12.4. The summed E-state index contributed by atoms with van der Waals surface area (Å²) >= 11 is 0. The highest BCUT2D eigenvalue weighted by atomic mass is 19.4. The van der Waals surface area contributed by atoms with Gasteiger partial charge < -0.3 is 10.3 Å². The topological polar surface area (TPSA) is 66.5 Å². The van der Waals surface area contributed by atoms with Crippen molar-refractivity contribution in [1.29, 1.82) is 0 Å². The van der Waals surface area contributed by atoms with E-state index in [1.54, 1.807) is 0 Å². The van der Waals surface area contributed by atoms with E-state index >= 15 is 0 Å². The van der Waals surface area contributed by atoms with Crippen LogP contribution in [0, 0.1) is 0 Å². The lowest BCUT2D eigenvalue weighted by Gasteiger charge is -2.08. The van der Waals surface area contributed by atoms with Crippen LogP contribution in [0.25, 0.3) is 11.3 Å². The summed E-state index contributed by atoms with van der Waals surface area (Å²) in [7, 11) is 0. The van der Waals surface area contributed by atoms with Crippen LogP contribution in [0.5, 0.6) is 0 Å². The number of nitrogens with one attached hydrogen (secondary N) is 2. The molecular formula is C15H14F3N5. The summed E-state index contributed by atoms with van der Waals surface area (Å²) in [4.78, 5) is 13.5. The van der Waals surface area contributed by atoms with E-state index in [0.717, 1.165) is 5.69 Å². The number of benzene rings is 1. The average molecular weight is 321 g/mol. The minimum absolute atomic E-state index is 0.0128. The molecule has 2 aromatic heterocycles. The fourth-order valence-corrected chi connectivity index (χ4v) is 2.09. The van der Waals surface area contributed by atoms with Gasteiger partial charge in [-0.15, -0.1) is 0 Å². The molecule has 0 bridgehead atoms. The minimum Gasteiger partial charge on any atom is -0.339 e. The number of hydrogen-bond acceptors (Lipinski definition) is 4. The number of fused-ring (bicyclic) bond motifs is 1. The molecule has 2 N–H and O–H groups in total. The van der Waals surface area contributed by atoms with E-state index < -0.39 is 12.0 Å². The van der Waals surface area contributed by atoms with Gasteiger partial charge in [-0.1, -0.05) is 26.0 Å². The number of aromatic nitrogens is 4.